The van der Waals surface area contributed by atoms with Gasteiger partial charge >= 0.3 is 0 Å². The fourth-order valence-corrected chi connectivity index (χ4v) is 4.94. The van der Waals surface area contributed by atoms with Crippen molar-refractivity contribution in [1.82, 2.24) is 4.90 Å². The molecule has 0 bridgehead atoms. The highest BCUT2D eigenvalue weighted by atomic mass is 16.6. The van der Waals surface area contributed by atoms with Crippen LogP contribution in [0.1, 0.15) is 48.8 Å². The van der Waals surface area contributed by atoms with Crippen molar-refractivity contribution in [2.75, 3.05) is 48.5 Å². The second-order valence-electron chi connectivity index (χ2n) is 10.1. The molecule has 1 fully saturated rings. The van der Waals surface area contributed by atoms with Crippen LogP contribution >= 0.6 is 0 Å². The molecule has 0 radical (unpaired) electrons. The van der Waals surface area contributed by atoms with E-state index in [1.807, 2.05) is 38.4 Å². The lowest BCUT2D eigenvalue weighted by Gasteiger charge is -2.21. The fraction of sp³-hybridized carbons (Fsp3) is 0.394. The van der Waals surface area contributed by atoms with Gasteiger partial charge in [-0.3, -0.25) is 10.1 Å². The highest BCUT2D eigenvalue weighted by Crippen LogP contribution is 2.37. The van der Waals surface area contributed by atoms with Gasteiger partial charge in [-0.15, -0.1) is 0 Å². The van der Waals surface area contributed by atoms with Crippen molar-refractivity contribution in [3.8, 4) is 23.0 Å². The number of methoxy groups -OCH3 is 2. The van der Waals surface area contributed by atoms with Gasteiger partial charge in [0.05, 0.1) is 30.8 Å². The van der Waals surface area contributed by atoms with Crippen LogP contribution in [0.25, 0.3) is 5.57 Å². The predicted molar refractivity (Wildman–Crippen MR) is 167 cm³/mol. The summed E-state index contributed by atoms with van der Waals surface area (Å²) >= 11 is 0. The molecule has 3 aromatic carbocycles. The minimum atomic E-state index is -0.440. The minimum Gasteiger partial charge on any atom is -0.493 e. The van der Waals surface area contributed by atoms with Crippen molar-refractivity contribution < 1.29 is 23.9 Å². The molecule has 3 aromatic rings. The van der Waals surface area contributed by atoms with E-state index in [1.54, 1.807) is 6.07 Å². The molecule has 9 nitrogen and oxygen atoms in total. The van der Waals surface area contributed by atoms with Gasteiger partial charge in [0, 0.05) is 6.54 Å². The van der Waals surface area contributed by atoms with Crippen molar-refractivity contribution in [2.24, 2.45) is 5.73 Å². The molecule has 226 valence electrons. The lowest BCUT2D eigenvalue weighted by molar-refractivity contribution is -0.385. The summed E-state index contributed by atoms with van der Waals surface area (Å²) in [5.74, 6) is 2.22. The van der Waals surface area contributed by atoms with E-state index in [4.69, 9.17) is 18.9 Å². The van der Waals surface area contributed by atoms with Crippen LogP contribution in [-0.4, -0.2) is 58.3 Å². The summed E-state index contributed by atoms with van der Waals surface area (Å²) in [5.41, 5.74) is 9.87. The Morgan fingerprint density at radius 1 is 0.833 bits per heavy atom. The van der Waals surface area contributed by atoms with Crippen LogP contribution < -0.4 is 24.7 Å². The Morgan fingerprint density at radius 3 is 1.86 bits per heavy atom. The molecule has 0 heterocycles. The zero-order chi connectivity index (χ0) is 30.5. The molecule has 0 aromatic heterocycles. The average Bonchev–Trinajstić information content (AvgIpc) is 3.02. The van der Waals surface area contributed by atoms with Crippen molar-refractivity contribution in [2.45, 2.75) is 38.7 Å². The lowest BCUT2D eigenvalue weighted by atomic mass is 9.85. The largest absolute Gasteiger partial charge is 0.493 e. The highest BCUT2D eigenvalue weighted by Gasteiger charge is 2.20. The van der Waals surface area contributed by atoms with Gasteiger partial charge in [-0.1, -0.05) is 36.3 Å². The van der Waals surface area contributed by atoms with Gasteiger partial charge in [-0.25, -0.2) is 0 Å². The third-order valence-electron chi connectivity index (χ3n) is 7.08. The summed E-state index contributed by atoms with van der Waals surface area (Å²) in [7, 11) is 8.51. The van der Waals surface area contributed by atoms with Gasteiger partial charge in [0.15, 0.2) is 11.5 Å². The second kappa shape index (κ2) is 16.4. The highest BCUT2D eigenvalue weighted by molar-refractivity contribution is 5.82. The lowest BCUT2D eigenvalue weighted by Crippen LogP contribution is -2.19. The van der Waals surface area contributed by atoms with Crippen molar-refractivity contribution >= 4 is 11.3 Å². The first-order valence-corrected chi connectivity index (χ1v) is 14.2. The molecule has 42 heavy (non-hydrogen) atoms. The quantitative estimate of drug-likeness (QED) is 0.193. The number of nitrogens with two attached hydrogens (primary N) is 1. The smallest absolute Gasteiger partial charge is 0.280 e. The normalized spacial score (nSPS) is 12.7. The van der Waals surface area contributed by atoms with E-state index in [2.05, 4.69) is 34.9 Å². The van der Waals surface area contributed by atoms with Crippen molar-refractivity contribution in [1.29, 1.82) is 0 Å². The maximum absolute atomic E-state index is 11.6. The van der Waals surface area contributed by atoms with Gasteiger partial charge in [0.2, 0.25) is 0 Å². The summed E-state index contributed by atoms with van der Waals surface area (Å²) in [6.07, 6.45) is 5.87. The first kappa shape index (κ1) is 32.4. The summed E-state index contributed by atoms with van der Waals surface area (Å²) in [4.78, 5) is 13.3. The number of ether oxygens (including phenoxy) is 4. The van der Waals surface area contributed by atoms with E-state index in [0.29, 0.717) is 29.4 Å². The molecule has 0 aliphatic heterocycles. The third-order valence-corrected chi connectivity index (χ3v) is 7.08. The van der Waals surface area contributed by atoms with Gasteiger partial charge in [-0.2, -0.15) is 0 Å². The summed E-state index contributed by atoms with van der Waals surface area (Å²) in [6, 6.07) is 19.3. The molecule has 9 heteroatoms. The Balaban J connectivity index is 0.00000237. The van der Waals surface area contributed by atoms with Crippen LogP contribution in [0.2, 0.25) is 0 Å². The molecule has 0 saturated heterocycles. The number of hydrogen-bond donors (Lipinski definition) is 1. The molecule has 0 unspecified atom stereocenters. The Bertz CT molecular complexity index is 1310. The van der Waals surface area contributed by atoms with Crippen LogP contribution in [0, 0.1) is 10.1 Å². The Morgan fingerprint density at radius 2 is 1.36 bits per heavy atom. The molecule has 0 spiro atoms. The average molecular weight is 578 g/mol. The van der Waals surface area contributed by atoms with E-state index < -0.39 is 4.92 Å². The van der Waals surface area contributed by atoms with Crippen LogP contribution in [-0.2, 0) is 6.61 Å². The first-order chi connectivity index (χ1) is 20.4. The Kier molecular flexibility index (Phi) is 12.7. The molecular weight excluding hydrogens is 534 g/mol. The fourth-order valence-electron chi connectivity index (χ4n) is 4.94. The van der Waals surface area contributed by atoms with Gasteiger partial charge in [-0.05, 0) is 93.9 Å². The van der Waals surface area contributed by atoms with E-state index in [-0.39, 0.29) is 12.3 Å². The van der Waals surface area contributed by atoms with E-state index >= 15 is 0 Å². The van der Waals surface area contributed by atoms with E-state index in [9.17, 15) is 10.1 Å². The van der Waals surface area contributed by atoms with Crippen LogP contribution in [0.4, 0.5) is 5.69 Å². The topological polar surface area (TPSA) is 109 Å². The predicted octanol–water partition coefficient (Wildman–Crippen LogP) is 6.47. The first-order valence-electron chi connectivity index (χ1n) is 14.2. The number of likely N-dealkylation sites (N-methyl/N-ethyl adjacent to an activating group) is 1. The Hall–Kier alpha value is -4.08. The van der Waals surface area contributed by atoms with Crippen LogP contribution in [0.15, 0.2) is 66.2 Å². The van der Waals surface area contributed by atoms with Crippen molar-refractivity contribution in [3.05, 3.63) is 93.0 Å². The van der Waals surface area contributed by atoms with Gasteiger partial charge in [0.25, 0.3) is 5.69 Å². The number of nitro groups is 1. The maximum Gasteiger partial charge on any atom is 0.280 e. The SMILES string of the molecule is CN.COc1cc(COc2ccc(C(=C3CCCCC3)c3ccc(OCCN(C)C)cc3)cc2)c([N+](=O)[O-])cc1OC. The van der Waals surface area contributed by atoms with Crippen LogP contribution in [0.3, 0.4) is 0 Å². The van der Waals surface area contributed by atoms with E-state index in [1.165, 1.54) is 63.3 Å². The molecule has 2 N–H and O–H groups in total. The maximum atomic E-state index is 11.6. The third kappa shape index (κ3) is 8.71. The van der Waals surface area contributed by atoms with Gasteiger partial charge < -0.3 is 29.6 Å². The molecule has 1 saturated carbocycles. The number of hydrogen-bond acceptors (Lipinski definition) is 8. The molecule has 4 rings (SSSR count). The van der Waals surface area contributed by atoms with Crippen molar-refractivity contribution in [3.63, 3.8) is 0 Å². The van der Waals surface area contributed by atoms with E-state index in [0.717, 1.165) is 30.7 Å². The Labute approximate surface area is 249 Å². The molecular formula is C33H43N3O6. The number of rotatable bonds is 12. The number of benzene rings is 3. The number of nitrogens with zero attached hydrogens (tertiary/aromatic N) is 2. The summed E-state index contributed by atoms with van der Waals surface area (Å²) in [5, 5.41) is 11.6. The van der Waals surface area contributed by atoms with Gasteiger partial charge in [0.1, 0.15) is 24.7 Å². The molecule has 1 aliphatic rings. The number of nitro benzene ring substituents is 1. The number of allylic oxidation sites excluding steroid dienone is 1. The molecule has 0 amide bonds. The minimum absolute atomic E-state index is 0.0270. The zero-order valence-corrected chi connectivity index (χ0v) is 25.4. The molecule has 1 aliphatic carbocycles. The monoisotopic (exact) mass is 577 g/mol. The zero-order valence-electron chi connectivity index (χ0n) is 25.4. The summed E-state index contributed by atoms with van der Waals surface area (Å²) < 4.78 is 22.4. The standard InChI is InChI=1S/C32H38N2O6.CH5N/c1-33(2)18-19-39-27-14-10-24(11-15-27)32(23-8-6-5-7-9-23)25-12-16-28(17-13-25)40-22-26-20-30(37-3)31(38-4)21-29(26)34(35)36;1-2/h10-17,20-21H,5-9,18-19,22H2,1-4H3;2H2,1H3. The van der Waals surface area contributed by atoms with Crippen LogP contribution in [0.5, 0.6) is 23.0 Å². The molecule has 0 atom stereocenters. The summed E-state index contributed by atoms with van der Waals surface area (Å²) in [6.45, 7) is 1.54. The second-order valence-corrected chi connectivity index (χ2v) is 10.1.